The molecule has 0 bridgehead atoms. The van der Waals surface area contributed by atoms with Gasteiger partial charge in [0.05, 0.1) is 12.8 Å². The number of thioether (sulfide) groups is 1. The second-order valence-corrected chi connectivity index (χ2v) is 8.04. The number of nitrogens with zero attached hydrogens (tertiary/aromatic N) is 3. The van der Waals surface area contributed by atoms with Crippen LogP contribution in [0.15, 0.2) is 58.3 Å². The van der Waals surface area contributed by atoms with Crippen LogP contribution in [0.25, 0.3) is 0 Å². The molecule has 3 aromatic rings. The summed E-state index contributed by atoms with van der Waals surface area (Å²) >= 11 is 1.60. The van der Waals surface area contributed by atoms with Gasteiger partial charge in [-0.1, -0.05) is 23.9 Å². The van der Waals surface area contributed by atoms with Gasteiger partial charge in [0, 0.05) is 36.2 Å². The summed E-state index contributed by atoms with van der Waals surface area (Å²) in [5, 5.41) is 3.66. The molecule has 1 aliphatic heterocycles. The van der Waals surface area contributed by atoms with E-state index in [1.165, 1.54) is 12.8 Å². The lowest BCUT2D eigenvalue weighted by molar-refractivity contribution is 0.0948. The molecule has 0 unspecified atom stereocenters. The zero-order valence-corrected chi connectivity index (χ0v) is 17.2. The summed E-state index contributed by atoms with van der Waals surface area (Å²) in [4.78, 5) is 24.0. The van der Waals surface area contributed by atoms with Crippen LogP contribution in [0.2, 0.25) is 0 Å². The van der Waals surface area contributed by atoms with Gasteiger partial charge in [0.25, 0.3) is 5.91 Å². The summed E-state index contributed by atoms with van der Waals surface area (Å²) in [6.07, 6.45) is 4.04. The van der Waals surface area contributed by atoms with Crippen molar-refractivity contribution in [3.8, 4) is 0 Å². The lowest BCUT2D eigenvalue weighted by atomic mass is 10.1. The molecule has 0 spiro atoms. The second kappa shape index (κ2) is 9.13. The smallest absolute Gasteiger partial charge is 0.251 e. The van der Waals surface area contributed by atoms with Crippen molar-refractivity contribution in [1.29, 1.82) is 0 Å². The third-order valence-corrected chi connectivity index (χ3v) is 5.73. The number of carbonyl (C=O) groups excluding carboxylic acids is 1. The fraction of sp³-hybridized carbons (Fsp3) is 0.318. The van der Waals surface area contributed by atoms with Crippen molar-refractivity contribution in [2.45, 2.75) is 37.2 Å². The number of amides is 1. The highest BCUT2D eigenvalue weighted by Gasteiger charge is 2.15. The average molecular weight is 409 g/mol. The van der Waals surface area contributed by atoms with E-state index in [1.54, 1.807) is 18.0 Å². The molecule has 1 aliphatic rings. The van der Waals surface area contributed by atoms with Crippen molar-refractivity contribution in [2.24, 2.45) is 0 Å². The zero-order valence-electron chi connectivity index (χ0n) is 16.4. The summed E-state index contributed by atoms with van der Waals surface area (Å²) in [7, 11) is 0. The molecule has 1 fully saturated rings. The van der Waals surface area contributed by atoms with Crippen molar-refractivity contribution in [2.75, 3.05) is 18.0 Å². The summed E-state index contributed by atoms with van der Waals surface area (Å²) in [5.74, 6) is 2.35. The number of nitrogens with one attached hydrogen (secondary N) is 1. The van der Waals surface area contributed by atoms with E-state index in [1.807, 2.05) is 43.3 Å². The van der Waals surface area contributed by atoms with Gasteiger partial charge in [-0.05, 0) is 49.6 Å². The Kier molecular flexibility index (Phi) is 6.14. The molecule has 3 heterocycles. The van der Waals surface area contributed by atoms with Crippen LogP contribution in [-0.4, -0.2) is 29.0 Å². The first-order valence-corrected chi connectivity index (χ1v) is 10.8. The van der Waals surface area contributed by atoms with Crippen LogP contribution in [0, 0.1) is 6.92 Å². The fourth-order valence-electron chi connectivity index (χ4n) is 3.33. The van der Waals surface area contributed by atoms with E-state index in [0.717, 1.165) is 41.1 Å². The number of carbonyl (C=O) groups is 1. The summed E-state index contributed by atoms with van der Waals surface area (Å²) in [6.45, 7) is 4.52. The summed E-state index contributed by atoms with van der Waals surface area (Å²) in [5.41, 5.74) is 2.68. The molecule has 4 rings (SSSR count). The molecule has 1 saturated heterocycles. The molecule has 0 radical (unpaired) electrons. The van der Waals surface area contributed by atoms with Crippen molar-refractivity contribution in [3.63, 3.8) is 0 Å². The minimum atomic E-state index is -0.114. The zero-order chi connectivity index (χ0) is 20.1. The van der Waals surface area contributed by atoms with Crippen LogP contribution in [-0.2, 0) is 12.3 Å². The molecular weight excluding hydrogens is 384 g/mol. The topological polar surface area (TPSA) is 71.3 Å². The van der Waals surface area contributed by atoms with Gasteiger partial charge < -0.3 is 14.6 Å². The highest BCUT2D eigenvalue weighted by molar-refractivity contribution is 7.98. The molecular formula is C22H24N4O2S. The van der Waals surface area contributed by atoms with Crippen LogP contribution in [0.4, 0.5) is 5.82 Å². The van der Waals surface area contributed by atoms with Gasteiger partial charge in [-0.25, -0.2) is 9.97 Å². The number of aromatic nitrogens is 2. The van der Waals surface area contributed by atoms with Gasteiger partial charge in [-0.15, -0.1) is 0 Å². The lowest BCUT2D eigenvalue weighted by Crippen LogP contribution is -2.22. The predicted octanol–water partition coefficient (Wildman–Crippen LogP) is 4.20. The van der Waals surface area contributed by atoms with Crippen LogP contribution >= 0.6 is 11.8 Å². The predicted molar refractivity (Wildman–Crippen MR) is 114 cm³/mol. The van der Waals surface area contributed by atoms with Crippen molar-refractivity contribution in [1.82, 2.24) is 15.3 Å². The third kappa shape index (κ3) is 5.17. The molecule has 29 heavy (non-hydrogen) atoms. The van der Waals surface area contributed by atoms with E-state index in [9.17, 15) is 4.79 Å². The van der Waals surface area contributed by atoms with Gasteiger partial charge in [0.2, 0.25) is 0 Å². The first-order chi connectivity index (χ1) is 14.2. The highest BCUT2D eigenvalue weighted by atomic mass is 32.2. The Labute approximate surface area is 174 Å². The first kappa shape index (κ1) is 19.5. The van der Waals surface area contributed by atoms with Crippen LogP contribution in [0.1, 0.15) is 40.2 Å². The first-order valence-electron chi connectivity index (χ1n) is 9.80. The molecule has 0 saturated carbocycles. The molecule has 1 aromatic carbocycles. The Morgan fingerprint density at radius 2 is 2.03 bits per heavy atom. The van der Waals surface area contributed by atoms with E-state index in [2.05, 4.69) is 21.3 Å². The van der Waals surface area contributed by atoms with Gasteiger partial charge in [-0.3, -0.25) is 4.79 Å². The lowest BCUT2D eigenvalue weighted by Gasteiger charge is -2.17. The Balaban J connectivity index is 1.38. The number of aryl methyl sites for hydroxylation is 1. The standard InChI is InChI=1S/C22H24N4O2S/c1-16-12-20(26-9-2-3-10-26)25-22(24-16)29-15-17-6-4-7-18(13-17)21(27)23-14-19-8-5-11-28-19/h4-8,11-13H,2-3,9-10,14-15H2,1H3,(H,23,27). The van der Waals surface area contributed by atoms with Crippen molar-refractivity contribution < 1.29 is 9.21 Å². The molecule has 150 valence electrons. The Hall–Kier alpha value is -2.80. The van der Waals surface area contributed by atoms with E-state index < -0.39 is 0 Å². The Bertz CT molecular complexity index is 969. The molecule has 6 nitrogen and oxygen atoms in total. The van der Waals surface area contributed by atoms with Crippen LogP contribution in [0.3, 0.4) is 0 Å². The normalized spacial score (nSPS) is 13.6. The Morgan fingerprint density at radius 1 is 1.17 bits per heavy atom. The van der Waals surface area contributed by atoms with Gasteiger partial charge >= 0.3 is 0 Å². The number of hydrogen-bond acceptors (Lipinski definition) is 6. The van der Waals surface area contributed by atoms with Gasteiger partial charge in [0.1, 0.15) is 11.6 Å². The van der Waals surface area contributed by atoms with E-state index in [4.69, 9.17) is 9.40 Å². The van der Waals surface area contributed by atoms with E-state index in [-0.39, 0.29) is 5.91 Å². The minimum Gasteiger partial charge on any atom is -0.467 e. The molecule has 7 heteroatoms. The molecule has 2 aromatic heterocycles. The second-order valence-electron chi connectivity index (χ2n) is 7.10. The van der Waals surface area contributed by atoms with Gasteiger partial charge in [0.15, 0.2) is 5.16 Å². The third-order valence-electron chi connectivity index (χ3n) is 4.81. The quantitative estimate of drug-likeness (QED) is 0.467. The SMILES string of the molecule is Cc1cc(N2CCCC2)nc(SCc2cccc(C(=O)NCc3ccco3)c2)n1. The van der Waals surface area contributed by atoms with Crippen molar-refractivity contribution >= 4 is 23.5 Å². The molecule has 0 atom stereocenters. The number of furan rings is 1. The molecule has 1 N–H and O–H groups in total. The van der Waals surface area contributed by atoms with Gasteiger partial charge in [-0.2, -0.15) is 0 Å². The highest BCUT2D eigenvalue weighted by Crippen LogP contribution is 2.25. The van der Waals surface area contributed by atoms with Crippen molar-refractivity contribution in [3.05, 3.63) is 71.3 Å². The maximum absolute atomic E-state index is 12.4. The monoisotopic (exact) mass is 408 g/mol. The maximum atomic E-state index is 12.4. The maximum Gasteiger partial charge on any atom is 0.251 e. The molecule has 1 amide bonds. The molecule has 0 aliphatic carbocycles. The van der Waals surface area contributed by atoms with E-state index >= 15 is 0 Å². The fourth-order valence-corrected chi connectivity index (χ4v) is 4.17. The summed E-state index contributed by atoms with van der Waals surface area (Å²) in [6, 6.07) is 13.4. The van der Waals surface area contributed by atoms with E-state index in [0.29, 0.717) is 17.9 Å². The largest absolute Gasteiger partial charge is 0.467 e. The number of benzene rings is 1. The van der Waals surface area contributed by atoms with Crippen LogP contribution in [0.5, 0.6) is 0 Å². The average Bonchev–Trinajstić information content (AvgIpc) is 3.44. The summed E-state index contributed by atoms with van der Waals surface area (Å²) < 4.78 is 5.25. The van der Waals surface area contributed by atoms with Crippen LogP contribution < -0.4 is 10.2 Å². The number of hydrogen-bond donors (Lipinski definition) is 1. The Morgan fingerprint density at radius 3 is 2.83 bits per heavy atom. The number of rotatable bonds is 7. The number of anilines is 1. The minimum absolute atomic E-state index is 0.114.